The van der Waals surface area contributed by atoms with Gasteiger partial charge in [-0.3, -0.25) is 4.79 Å². The summed E-state index contributed by atoms with van der Waals surface area (Å²) < 4.78 is 0. The van der Waals surface area contributed by atoms with Gasteiger partial charge in [-0.05, 0) is 12.8 Å². The van der Waals surface area contributed by atoms with E-state index in [0.717, 1.165) is 38.8 Å². The first kappa shape index (κ1) is 9.93. The van der Waals surface area contributed by atoms with Crippen molar-refractivity contribution >= 4 is 5.91 Å². The van der Waals surface area contributed by atoms with Crippen LogP contribution in [0.1, 0.15) is 25.7 Å². The molecule has 0 spiro atoms. The highest BCUT2D eigenvalue weighted by Gasteiger charge is 2.30. The second kappa shape index (κ2) is 4.28. The summed E-state index contributed by atoms with van der Waals surface area (Å²) in [6, 6.07) is -0.00292. The van der Waals surface area contributed by atoms with Crippen molar-refractivity contribution in [3.8, 4) is 0 Å². The first-order valence-corrected chi connectivity index (χ1v) is 5.46. The van der Waals surface area contributed by atoms with Crippen molar-refractivity contribution in [1.29, 1.82) is 0 Å². The quantitative estimate of drug-likeness (QED) is 0.567. The van der Waals surface area contributed by atoms with E-state index in [9.17, 15) is 9.90 Å². The number of aliphatic hydroxyl groups is 1. The van der Waals surface area contributed by atoms with E-state index in [0.29, 0.717) is 0 Å². The van der Waals surface area contributed by atoms with E-state index in [2.05, 4.69) is 10.6 Å². The van der Waals surface area contributed by atoms with Gasteiger partial charge in [0.25, 0.3) is 0 Å². The zero-order valence-electron chi connectivity index (χ0n) is 8.33. The van der Waals surface area contributed by atoms with Crippen molar-refractivity contribution in [2.24, 2.45) is 5.92 Å². The SMILES string of the molecule is O=C(N[C@H]1CCCC[C@H]1O)C1CNC1. The molecule has 4 nitrogen and oxygen atoms in total. The summed E-state index contributed by atoms with van der Waals surface area (Å²) in [5, 5.41) is 15.7. The van der Waals surface area contributed by atoms with Crippen LogP contribution >= 0.6 is 0 Å². The third kappa shape index (κ3) is 2.07. The second-order valence-corrected chi connectivity index (χ2v) is 4.32. The highest BCUT2D eigenvalue weighted by Crippen LogP contribution is 2.18. The highest BCUT2D eigenvalue weighted by atomic mass is 16.3. The number of rotatable bonds is 2. The molecule has 2 fully saturated rings. The molecule has 3 N–H and O–H groups in total. The van der Waals surface area contributed by atoms with Gasteiger partial charge in [0.1, 0.15) is 0 Å². The van der Waals surface area contributed by atoms with E-state index < -0.39 is 0 Å². The fourth-order valence-electron chi connectivity index (χ4n) is 2.05. The molecule has 1 saturated heterocycles. The van der Waals surface area contributed by atoms with E-state index in [-0.39, 0.29) is 24.0 Å². The Balaban J connectivity index is 1.79. The zero-order valence-corrected chi connectivity index (χ0v) is 8.33. The molecule has 1 aliphatic heterocycles. The van der Waals surface area contributed by atoms with Crippen LogP contribution in [0.5, 0.6) is 0 Å². The van der Waals surface area contributed by atoms with Crippen LogP contribution < -0.4 is 10.6 Å². The number of hydrogen-bond donors (Lipinski definition) is 3. The normalized spacial score (nSPS) is 33.5. The zero-order chi connectivity index (χ0) is 9.97. The van der Waals surface area contributed by atoms with Gasteiger partial charge in [0.15, 0.2) is 0 Å². The van der Waals surface area contributed by atoms with Crippen molar-refractivity contribution < 1.29 is 9.90 Å². The van der Waals surface area contributed by atoms with Crippen molar-refractivity contribution in [2.75, 3.05) is 13.1 Å². The molecule has 2 rings (SSSR count). The van der Waals surface area contributed by atoms with Gasteiger partial charge in [-0.2, -0.15) is 0 Å². The first-order valence-electron chi connectivity index (χ1n) is 5.46. The van der Waals surface area contributed by atoms with E-state index in [1.54, 1.807) is 0 Å². The summed E-state index contributed by atoms with van der Waals surface area (Å²) in [6.45, 7) is 1.57. The topological polar surface area (TPSA) is 61.4 Å². The smallest absolute Gasteiger partial charge is 0.225 e. The molecule has 1 heterocycles. The van der Waals surface area contributed by atoms with Crippen LogP contribution in [0.25, 0.3) is 0 Å². The van der Waals surface area contributed by atoms with Crippen LogP contribution in [0.4, 0.5) is 0 Å². The van der Waals surface area contributed by atoms with Crippen molar-refractivity contribution in [3.05, 3.63) is 0 Å². The van der Waals surface area contributed by atoms with Gasteiger partial charge in [-0.1, -0.05) is 12.8 Å². The minimum absolute atomic E-state index is 0.00292. The molecule has 1 amide bonds. The molecule has 0 bridgehead atoms. The Bertz CT molecular complexity index is 216. The molecule has 1 aliphatic carbocycles. The van der Waals surface area contributed by atoms with Crippen LogP contribution in [-0.4, -0.2) is 36.2 Å². The van der Waals surface area contributed by atoms with Gasteiger partial charge >= 0.3 is 0 Å². The Morgan fingerprint density at radius 2 is 2.00 bits per heavy atom. The minimum Gasteiger partial charge on any atom is -0.391 e. The van der Waals surface area contributed by atoms with Gasteiger partial charge in [-0.25, -0.2) is 0 Å². The van der Waals surface area contributed by atoms with Crippen LogP contribution in [0, 0.1) is 5.92 Å². The molecule has 0 unspecified atom stereocenters. The minimum atomic E-state index is -0.333. The number of hydrogen-bond acceptors (Lipinski definition) is 3. The number of aliphatic hydroxyl groups excluding tert-OH is 1. The molecule has 0 aromatic carbocycles. The van der Waals surface area contributed by atoms with Crippen LogP contribution in [0.2, 0.25) is 0 Å². The predicted octanol–water partition coefficient (Wildman–Crippen LogP) is -0.375. The average Bonchev–Trinajstić information content (AvgIpc) is 2.05. The van der Waals surface area contributed by atoms with Crippen LogP contribution in [-0.2, 0) is 4.79 Å². The second-order valence-electron chi connectivity index (χ2n) is 4.32. The fraction of sp³-hybridized carbons (Fsp3) is 0.900. The molecule has 0 radical (unpaired) electrons. The Morgan fingerprint density at radius 3 is 2.57 bits per heavy atom. The molecule has 4 heteroatoms. The van der Waals surface area contributed by atoms with Crippen molar-refractivity contribution in [1.82, 2.24) is 10.6 Å². The third-order valence-corrected chi connectivity index (χ3v) is 3.21. The largest absolute Gasteiger partial charge is 0.391 e. The third-order valence-electron chi connectivity index (χ3n) is 3.21. The molecule has 1 saturated carbocycles. The summed E-state index contributed by atoms with van der Waals surface area (Å²) in [6.07, 6.45) is 3.62. The number of carbonyl (C=O) groups is 1. The van der Waals surface area contributed by atoms with Crippen molar-refractivity contribution in [3.63, 3.8) is 0 Å². The average molecular weight is 198 g/mol. The van der Waals surface area contributed by atoms with Gasteiger partial charge in [0.05, 0.1) is 18.1 Å². The lowest BCUT2D eigenvalue weighted by Crippen LogP contribution is -2.55. The lowest BCUT2D eigenvalue weighted by atomic mass is 9.91. The van der Waals surface area contributed by atoms with Gasteiger partial charge in [0.2, 0.25) is 5.91 Å². The van der Waals surface area contributed by atoms with E-state index in [1.165, 1.54) is 0 Å². The monoisotopic (exact) mass is 198 g/mol. The lowest BCUT2D eigenvalue weighted by Gasteiger charge is -2.32. The van der Waals surface area contributed by atoms with Crippen molar-refractivity contribution in [2.45, 2.75) is 37.8 Å². The Labute approximate surface area is 84.1 Å². The Hall–Kier alpha value is -0.610. The molecular formula is C10H18N2O2. The molecule has 80 valence electrons. The Kier molecular flexibility index (Phi) is 3.03. The van der Waals surface area contributed by atoms with Gasteiger partial charge in [0, 0.05) is 13.1 Å². The first-order chi connectivity index (χ1) is 6.77. The molecule has 0 aromatic heterocycles. The fourth-order valence-corrected chi connectivity index (χ4v) is 2.05. The molecule has 0 aromatic rings. The van der Waals surface area contributed by atoms with Gasteiger partial charge in [-0.15, -0.1) is 0 Å². The predicted molar refractivity (Wildman–Crippen MR) is 52.8 cm³/mol. The van der Waals surface area contributed by atoms with E-state index >= 15 is 0 Å². The van der Waals surface area contributed by atoms with E-state index in [4.69, 9.17) is 0 Å². The molecule has 2 aliphatic rings. The highest BCUT2D eigenvalue weighted by molar-refractivity contribution is 5.80. The number of nitrogens with one attached hydrogen (secondary N) is 2. The molecular weight excluding hydrogens is 180 g/mol. The summed E-state index contributed by atoms with van der Waals surface area (Å²) >= 11 is 0. The molecule has 14 heavy (non-hydrogen) atoms. The molecule has 2 atom stereocenters. The van der Waals surface area contributed by atoms with Crippen LogP contribution in [0.3, 0.4) is 0 Å². The lowest BCUT2D eigenvalue weighted by molar-refractivity contribution is -0.128. The maximum atomic E-state index is 11.6. The van der Waals surface area contributed by atoms with Crippen LogP contribution in [0.15, 0.2) is 0 Å². The number of amides is 1. The summed E-state index contributed by atoms with van der Waals surface area (Å²) in [4.78, 5) is 11.6. The maximum absolute atomic E-state index is 11.6. The standard InChI is InChI=1S/C10H18N2O2/c13-9-4-2-1-3-8(9)12-10(14)7-5-11-6-7/h7-9,11,13H,1-6H2,(H,12,14)/t8-,9+/m0/s1. The summed E-state index contributed by atoms with van der Waals surface area (Å²) in [7, 11) is 0. The number of carbonyl (C=O) groups excluding carboxylic acids is 1. The summed E-state index contributed by atoms with van der Waals surface area (Å²) in [5.74, 6) is 0.235. The Morgan fingerprint density at radius 1 is 1.29 bits per heavy atom. The van der Waals surface area contributed by atoms with Gasteiger partial charge < -0.3 is 15.7 Å². The maximum Gasteiger partial charge on any atom is 0.225 e. The van der Waals surface area contributed by atoms with E-state index in [1.807, 2.05) is 0 Å². The summed E-state index contributed by atoms with van der Waals surface area (Å²) in [5.41, 5.74) is 0.